The van der Waals surface area contributed by atoms with Gasteiger partial charge in [-0.3, -0.25) is 4.79 Å². The predicted octanol–water partition coefficient (Wildman–Crippen LogP) is 5.45. The molecule has 0 atom stereocenters. The molecular weight excluding hydrogens is 318 g/mol. The predicted molar refractivity (Wildman–Crippen MR) is 97.1 cm³/mol. The first-order chi connectivity index (χ1) is 11.8. The van der Waals surface area contributed by atoms with E-state index in [1.165, 1.54) is 17.4 Å². The molecule has 0 aliphatic carbocycles. The Kier molecular flexibility index (Phi) is 3.81. The first kappa shape index (κ1) is 14.6. The van der Waals surface area contributed by atoms with Gasteiger partial charge in [0.25, 0.3) is 0 Å². The van der Waals surface area contributed by atoms with Crippen molar-refractivity contribution in [2.24, 2.45) is 0 Å². The van der Waals surface area contributed by atoms with Crippen molar-refractivity contribution in [3.63, 3.8) is 0 Å². The molecule has 0 bridgehead atoms. The number of ketones is 1. The van der Waals surface area contributed by atoms with E-state index in [0.717, 1.165) is 27.2 Å². The van der Waals surface area contributed by atoms with Crippen LogP contribution in [0.25, 0.3) is 28.3 Å². The smallest absolute Gasteiger partial charge is 0.221 e. The number of aromatic nitrogens is 1. The quantitative estimate of drug-likeness (QED) is 0.369. The minimum Gasteiger partial charge on any atom is -0.453 e. The number of thiazole rings is 1. The van der Waals surface area contributed by atoms with Crippen molar-refractivity contribution in [2.45, 2.75) is 0 Å². The third kappa shape index (κ3) is 2.92. The molecule has 116 valence electrons. The van der Waals surface area contributed by atoms with Crippen molar-refractivity contribution < 1.29 is 9.21 Å². The Morgan fingerprint density at radius 2 is 1.83 bits per heavy atom. The molecule has 24 heavy (non-hydrogen) atoms. The van der Waals surface area contributed by atoms with Crippen LogP contribution >= 0.6 is 11.3 Å². The highest BCUT2D eigenvalue weighted by Crippen LogP contribution is 2.23. The van der Waals surface area contributed by atoms with Gasteiger partial charge < -0.3 is 4.42 Å². The molecule has 2 heterocycles. The van der Waals surface area contributed by atoms with Crippen molar-refractivity contribution in [1.82, 2.24) is 4.98 Å². The molecule has 2 aromatic carbocycles. The van der Waals surface area contributed by atoms with Crippen molar-refractivity contribution in [3.05, 3.63) is 82.9 Å². The van der Waals surface area contributed by atoms with Crippen LogP contribution in [0.5, 0.6) is 0 Å². The highest BCUT2D eigenvalue weighted by atomic mass is 32.1. The highest BCUT2D eigenvalue weighted by molar-refractivity contribution is 7.10. The summed E-state index contributed by atoms with van der Waals surface area (Å²) < 4.78 is 5.57. The van der Waals surface area contributed by atoms with Gasteiger partial charge >= 0.3 is 0 Å². The number of allylic oxidation sites excluding steroid dienone is 1. The summed E-state index contributed by atoms with van der Waals surface area (Å²) in [5, 5.41) is 3.70. The van der Waals surface area contributed by atoms with Crippen molar-refractivity contribution in [2.75, 3.05) is 0 Å². The van der Waals surface area contributed by atoms with Crippen LogP contribution in [0.15, 0.2) is 76.5 Å². The molecule has 0 spiro atoms. The molecule has 4 rings (SSSR count). The summed E-state index contributed by atoms with van der Waals surface area (Å²) in [7, 11) is 0. The second-order valence-corrected chi connectivity index (χ2v) is 6.17. The summed E-state index contributed by atoms with van der Waals surface area (Å²) in [4.78, 5) is 16.8. The molecular formula is C20H13NO2S. The van der Waals surface area contributed by atoms with Crippen LogP contribution in [0.2, 0.25) is 0 Å². The number of rotatable bonds is 4. The SMILES string of the molecule is O=C(C=Cc1nc(-c2ccccc2)cs1)c1cc2ccccc2o1. The van der Waals surface area contributed by atoms with Crippen molar-refractivity contribution in [1.29, 1.82) is 0 Å². The zero-order valence-electron chi connectivity index (χ0n) is 12.7. The summed E-state index contributed by atoms with van der Waals surface area (Å²) in [6.07, 6.45) is 3.23. The molecule has 0 radical (unpaired) electrons. The van der Waals surface area contributed by atoms with Gasteiger partial charge in [0.15, 0.2) is 5.76 Å². The van der Waals surface area contributed by atoms with Gasteiger partial charge in [0.2, 0.25) is 5.78 Å². The van der Waals surface area contributed by atoms with Crippen LogP contribution in [-0.2, 0) is 0 Å². The van der Waals surface area contributed by atoms with Crippen LogP contribution in [0.4, 0.5) is 0 Å². The first-order valence-corrected chi connectivity index (χ1v) is 8.39. The van der Waals surface area contributed by atoms with Gasteiger partial charge in [-0.1, -0.05) is 48.5 Å². The van der Waals surface area contributed by atoms with E-state index < -0.39 is 0 Å². The number of carbonyl (C=O) groups is 1. The Balaban J connectivity index is 1.54. The van der Waals surface area contributed by atoms with E-state index in [9.17, 15) is 4.79 Å². The fourth-order valence-corrected chi connectivity index (χ4v) is 3.16. The van der Waals surface area contributed by atoms with Crippen molar-refractivity contribution in [3.8, 4) is 11.3 Å². The summed E-state index contributed by atoms with van der Waals surface area (Å²) >= 11 is 1.51. The molecule has 2 aromatic heterocycles. The number of hydrogen-bond acceptors (Lipinski definition) is 4. The number of nitrogens with zero attached hydrogens (tertiary/aromatic N) is 1. The fraction of sp³-hybridized carbons (Fsp3) is 0. The standard InChI is InChI=1S/C20H13NO2S/c22-17(19-12-15-8-4-5-9-18(15)23-19)10-11-20-21-16(13-24-20)14-6-2-1-3-7-14/h1-13H. The number of fused-ring (bicyclic) bond motifs is 1. The first-order valence-electron chi connectivity index (χ1n) is 7.51. The van der Waals surface area contributed by atoms with E-state index in [4.69, 9.17) is 4.42 Å². The molecule has 0 amide bonds. The van der Waals surface area contributed by atoms with Crippen LogP contribution in [-0.4, -0.2) is 10.8 Å². The molecule has 3 nitrogen and oxygen atoms in total. The van der Waals surface area contributed by atoms with E-state index in [0.29, 0.717) is 5.76 Å². The number of hydrogen-bond donors (Lipinski definition) is 0. The normalized spacial score (nSPS) is 11.3. The lowest BCUT2D eigenvalue weighted by Gasteiger charge is -1.93. The molecule has 4 heteroatoms. The molecule has 0 aliphatic heterocycles. The van der Waals surface area contributed by atoms with Crippen molar-refractivity contribution >= 4 is 34.2 Å². The minimum absolute atomic E-state index is 0.164. The Labute approximate surface area is 142 Å². The van der Waals surface area contributed by atoms with Crippen LogP contribution in [0.1, 0.15) is 15.6 Å². The lowest BCUT2D eigenvalue weighted by Crippen LogP contribution is -1.90. The molecule has 0 unspecified atom stereocenters. The highest BCUT2D eigenvalue weighted by Gasteiger charge is 2.09. The van der Waals surface area contributed by atoms with Gasteiger partial charge in [0.1, 0.15) is 10.6 Å². The van der Waals surface area contributed by atoms with Gasteiger partial charge in [-0.2, -0.15) is 0 Å². The number of para-hydroxylation sites is 1. The van der Waals surface area contributed by atoms with Crippen LogP contribution in [0, 0.1) is 0 Å². The third-order valence-corrected chi connectivity index (χ3v) is 4.45. The molecule has 0 saturated heterocycles. The molecule has 0 saturated carbocycles. The van der Waals surface area contributed by atoms with E-state index in [-0.39, 0.29) is 5.78 Å². The average molecular weight is 331 g/mol. The fourth-order valence-electron chi connectivity index (χ4n) is 2.44. The van der Waals surface area contributed by atoms with Gasteiger partial charge in [-0.05, 0) is 24.3 Å². The Bertz CT molecular complexity index is 995. The second kappa shape index (κ2) is 6.26. The maximum Gasteiger partial charge on any atom is 0.221 e. The largest absolute Gasteiger partial charge is 0.453 e. The monoisotopic (exact) mass is 331 g/mol. The molecule has 4 aromatic rings. The minimum atomic E-state index is -0.164. The van der Waals surface area contributed by atoms with Gasteiger partial charge in [-0.25, -0.2) is 4.98 Å². The Hall–Kier alpha value is -2.98. The average Bonchev–Trinajstić information content (AvgIpc) is 3.27. The van der Waals surface area contributed by atoms with E-state index in [2.05, 4.69) is 4.98 Å². The molecule has 0 aliphatic rings. The number of carbonyl (C=O) groups excluding carboxylic acids is 1. The summed E-state index contributed by atoms with van der Waals surface area (Å²) in [6.45, 7) is 0. The second-order valence-electron chi connectivity index (χ2n) is 5.28. The van der Waals surface area contributed by atoms with E-state index in [1.54, 1.807) is 12.1 Å². The summed E-state index contributed by atoms with van der Waals surface area (Å²) in [6, 6.07) is 19.3. The van der Waals surface area contributed by atoms with Gasteiger partial charge in [-0.15, -0.1) is 11.3 Å². The lowest BCUT2D eigenvalue weighted by molar-refractivity contribution is 0.102. The summed E-state index contributed by atoms with van der Waals surface area (Å²) in [5.74, 6) is 0.176. The Morgan fingerprint density at radius 1 is 1.04 bits per heavy atom. The van der Waals surface area contributed by atoms with Gasteiger partial charge in [0.05, 0.1) is 5.69 Å². The number of furan rings is 1. The molecule has 0 fully saturated rings. The molecule has 0 N–H and O–H groups in total. The maximum absolute atomic E-state index is 12.3. The Morgan fingerprint density at radius 3 is 2.67 bits per heavy atom. The van der Waals surface area contributed by atoms with Crippen LogP contribution < -0.4 is 0 Å². The lowest BCUT2D eigenvalue weighted by atomic mass is 10.2. The van der Waals surface area contributed by atoms with E-state index in [1.807, 2.05) is 60.0 Å². The zero-order valence-corrected chi connectivity index (χ0v) is 13.5. The topological polar surface area (TPSA) is 43.1 Å². The van der Waals surface area contributed by atoms with E-state index >= 15 is 0 Å². The third-order valence-electron chi connectivity index (χ3n) is 3.64. The zero-order chi connectivity index (χ0) is 16.4. The van der Waals surface area contributed by atoms with Crippen LogP contribution in [0.3, 0.4) is 0 Å². The van der Waals surface area contributed by atoms with Gasteiger partial charge in [0, 0.05) is 16.3 Å². The number of benzene rings is 2. The summed E-state index contributed by atoms with van der Waals surface area (Å²) in [5.41, 5.74) is 2.70. The maximum atomic E-state index is 12.3.